The summed E-state index contributed by atoms with van der Waals surface area (Å²) in [6.45, 7) is 0. The molecular formula is C19H21ClN8S2. The zero-order valence-corrected chi connectivity index (χ0v) is 18.7. The van der Waals surface area contributed by atoms with Crippen LogP contribution in [0.3, 0.4) is 0 Å². The molecule has 2 bridgehead atoms. The molecule has 0 aromatic carbocycles. The van der Waals surface area contributed by atoms with E-state index in [1.807, 2.05) is 0 Å². The first-order valence-corrected chi connectivity index (χ1v) is 11.4. The number of nitrogens with one attached hydrogen (secondary N) is 2. The molecule has 2 saturated heterocycles. The monoisotopic (exact) mass is 460 g/mol. The van der Waals surface area contributed by atoms with Crippen LogP contribution in [0.2, 0.25) is 0 Å². The maximum absolute atomic E-state index is 4.88. The Labute approximate surface area is 187 Å². The Kier molecular flexibility index (Phi) is 5.18. The summed E-state index contributed by atoms with van der Waals surface area (Å²) in [5.41, 5.74) is 2.49. The fourth-order valence-electron chi connectivity index (χ4n) is 4.37. The predicted molar refractivity (Wildman–Crippen MR) is 123 cm³/mol. The van der Waals surface area contributed by atoms with E-state index in [0.29, 0.717) is 18.1 Å². The highest BCUT2D eigenvalue weighted by Crippen LogP contribution is 2.38. The Bertz CT molecular complexity index is 1100. The van der Waals surface area contributed by atoms with Crippen molar-refractivity contribution >= 4 is 49.9 Å². The quantitative estimate of drug-likeness (QED) is 0.478. The molecule has 0 amide bonds. The molecule has 2 N–H and O–H groups in total. The fourth-order valence-corrected chi connectivity index (χ4v) is 6.40. The number of thiazole rings is 2. The summed E-state index contributed by atoms with van der Waals surface area (Å²) in [6.07, 6.45) is 12.1. The molecule has 3 atom stereocenters. The summed E-state index contributed by atoms with van der Waals surface area (Å²) < 4.78 is 0. The molecular weight excluding hydrogens is 440 g/mol. The van der Waals surface area contributed by atoms with Crippen molar-refractivity contribution in [2.45, 2.75) is 43.8 Å². The number of rotatable bonds is 4. The van der Waals surface area contributed by atoms with E-state index in [1.165, 1.54) is 25.7 Å². The van der Waals surface area contributed by atoms with Gasteiger partial charge in [0, 0.05) is 36.9 Å². The van der Waals surface area contributed by atoms with Crippen molar-refractivity contribution in [2.75, 3.05) is 11.9 Å². The van der Waals surface area contributed by atoms with Gasteiger partial charge in [-0.15, -0.1) is 12.4 Å². The van der Waals surface area contributed by atoms with E-state index in [2.05, 4.69) is 37.4 Å². The van der Waals surface area contributed by atoms with Crippen molar-refractivity contribution in [1.82, 2.24) is 35.5 Å². The number of nitrogens with zero attached hydrogens (tertiary/aromatic N) is 6. The lowest BCUT2D eigenvalue weighted by molar-refractivity contribution is 0.354. The van der Waals surface area contributed by atoms with E-state index in [4.69, 9.17) is 9.97 Å². The van der Waals surface area contributed by atoms with Gasteiger partial charge in [-0.2, -0.15) is 5.10 Å². The molecule has 4 aromatic heterocycles. The predicted octanol–water partition coefficient (Wildman–Crippen LogP) is 3.74. The summed E-state index contributed by atoms with van der Waals surface area (Å²) in [5, 5.41) is 12.4. The smallest absolute Gasteiger partial charge is 0.188 e. The minimum Gasteiger partial charge on any atom is -0.348 e. The van der Waals surface area contributed by atoms with Gasteiger partial charge in [0.15, 0.2) is 14.8 Å². The van der Waals surface area contributed by atoms with Gasteiger partial charge in [-0.05, 0) is 25.7 Å². The SMILES string of the molecule is CN(c1nc2sc(-c3cnc(-c4cn[nH]c4)cn3)nc2s1)C1C[C@H]2CC[C@@H](C1)N2.Cl. The first-order chi connectivity index (χ1) is 14.2. The van der Waals surface area contributed by atoms with Gasteiger partial charge in [0.05, 0.1) is 24.3 Å². The highest BCUT2D eigenvalue weighted by Gasteiger charge is 2.36. The summed E-state index contributed by atoms with van der Waals surface area (Å²) in [7, 11) is 2.18. The first-order valence-electron chi connectivity index (χ1n) is 9.81. The molecule has 8 nitrogen and oxygen atoms in total. The van der Waals surface area contributed by atoms with Gasteiger partial charge < -0.3 is 10.2 Å². The van der Waals surface area contributed by atoms with Crippen LogP contribution in [0.1, 0.15) is 25.7 Å². The highest BCUT2D eigenvalue weighted by atomic mass is 35.5. The third-order valence-electron chi connectivity index (χ3n) is 5.93. The summed E-state index contributed by atoms with van der Waals surface area (Å²) in [4.78, 5) is 23.0. The normalized spacial score (nSPS) is 22.9. The number of aromatic nitrogens is 6. The van der Waals surface area contributed by atoms with Crippen LogP contribution in [-0.4, -0.2) is 55.3 Å². The van der Waals surface area contributed by atoms with Crippen LogP contribution in [0.4, 0.5) is 5.13 Å². The average molecular weight is 461 g/mol. The van der Waals surface area contributed by atoms with E-state index in [-0.39, 0.29) is 12.4 Å². The maximum Gasteiger partial charge on any atom is 0.188 e. The van der Waals surface area contributed by atoms with Crippen LogP contribution >= 0.6 is 35.1 Å². The number of H-pyrrole nitrogens is 1. The lowest BCUT2D eigenvalue weighted by atomic mass is 9.99. The third kappa shape index (κ3) is 3.47. The van der Waals surface area contributed by atoms with E-state index in [0.717, 1.165) is 36.8 Å². The van der Waals surface area contributed by atoms with Gasteiger partial charge in [-0.25, -0.2) is 15.0 Å². The molecule has 6 heterocycles. The molecule has 2 aliphatic rings. The molecule has 0 spiro atoms. The van der Waals surface area contributed by atoms with Gasteiger partial charge >= 0.3 is 0 Å². The molecule has 11 heteroatoms. The second-order valence-electron chi connectivity index (χ2n) is 7.77. The van der Waals surface area contributed by atoms with Crippen molar-refractivity contribution in [3.63, 3.8) is 0 Å². The molecule has 156 valence electrons. The van der Waals surface area contributed by atoms with Crippen LogP contribution in [0.15, 0.2) is 24.8 Å². The molecule has 6 rings (SSSR count). The zero-order valence-electron chi connectivity index (χ0n) is 16.3. The number of anilines is 1. The van der Waals surface area contributed by atoms with Gasteiger partial charge in [-0.1, -0.05) is 22.7 Å². The summed E-state index contributed by atoms with van der Waals surface area (Å²) in [6, 6.07) is 1.92. The summed E-state index contributed by atoms with van der Waals surface area (Å²) >= 11 is 3.25. The minimum atomic E-state index is 0. The lowest BCUT2D eigenvalue weighted by Gasteiger charge is -2.35. The van der Waals surface area contributed by atoms with E-state index < -0.39 is 0 Å². The highest BCUT2D eigenvalue weighted by molar-refractivity contribution is 7.29. The molecule has 1 unspecified atom stereocenters. The number of aromatic amines is 1. The fraction of sp³-hybridized carbons (Fsp3) is 0.421. The number of piperidine rings is 1. The number of halogens is 1. The third-order valence-corrected chi connectivity index (χ3v) is 8.07. The Balaban J connectivity index is 0.00000193. The van der Waals surface area contributed by atoms with Crippen molar-refractivity contribution in [1.29, 1.82) is 0 Å². The standard InChI is InChI=1S/C19H20N8S2.ClH/c1-27(13-4-11-2-3-12(5-13)24-11)19-26-18-17(29-19)25-16(28-18)15-9-20-14(8-21-15)10-6-22-23-7-10;/h6-9,11-13,24H,2-5H2,1H3,(H,22,23);1H/t11-,12+,13?;. The Hall–Kier alpha value is -2.14. The van der Waals surface area contributed by atoms with Gasteiger partial charge in [0.1, 0.15) is 10.7 Å². The number of fused-ring (bicyclic) bond motifs is 3. The van der Waals surface area contributed by atoms with Crippen molar-refractivity contribution in [3.8, 4) is 22.0 Å². The van der Waals surface area contributed by atoms with Gasteiger partial charge in [-0.3, -0.25) is 10.1 Å². The van der Waals surface area contributed by atoms with Gasteiger partial charge in [0.25, 0.3) is 0 Å². The average Bonchev–Trinajstić information content (AvgIpc) is 3.51. The second kappa shape index (κ2) is 7.84. The lowest BCUT2D eigenvalue weighted by Crippen LogP contribution is -2.47. The largest absolute Gasteiger partial charge is 0.348 e. The van der Waals surface area contributed by atoms with E-state index >= 15 is 0 Å². The Morgan fingerprint density at radius 1 is 0.967 bits per heavy atom. The second-order valence-corrected chi connectivity index (χ2v) is 9.71. The molecule has 4 aromatic rings. The number of hydrogen-bond donors (Lipinski definition) is 2. The minimum absolute atomic E-state index is 0. The van der Waals surface area contributed by atoms with E-state index in [1.54, 1.807) is 47.5 Å². The topological polar surface area (TPSA) is 95.5 Å². The molecule has 30 heavy (non-hydrogen) atoms. The Morgan fingerprint density at radius 3 is 2.37 bits per heavy atom. The summed E-state index contributed by atoms with van der Waals surface area (Å²) in [5.74, 6) is 0. The van der Waals surface area contributed by atoms with Crippen LogP contribution in [0.25, 0.3) is 31.6 Å². The van der Waals surface area contributed by atoms with Crippen molar-refractivity contribution in [2.24, 2.45) is 0 Å². The van der Waals surface area contributed by atoms with Crippen molar-refractivity contribution < 1.29 is 0 Å². The molecule has 0 radical (unpaired) electrons. The molecule has 0 saturated carbocycles. The molecule has 0 aliphatic carbocycles. The van der Waals surface area contributed by atoms with Crippen LogP contribution in [0, 0.1) is 0 Å². The maximum atomic E-state index is 4.88. The Morgan fingerprint density at radius 2 is 1.70 bits per heavy atom. The molecule has 2 aliphatic heterocycles. The van der Waals surface area contributed by atoms with E-state index in [9.17, 15) is 0 Å². The first kappa shape index (κ1) is 19.8. The van der Waals surface area contributed by atoms with Gasteiger partial charge in [0.2, 0.25) is 0 Å². The van der Waals surface area contributed by atoms with Crippen LogP contribution in [-0.2, 0) is 0 Å². The van der Waals surface area contributed by atoms with Crippen LogP contribution in [0.5, 0.6) is 0 Å². The number of hydrogen-bond acceptors (Lipinski definition) is 9. The van der Waals surface area contributed by atoms with Crippen LogP contribution < -0.4 is 10.2 Å². The van der Waals surface area contributed by atoms with Crippen molar-refractivity contribution in [3.05, 3.63) is 24.8 Å². The molecule has 2 fully saturated rings. The zero-order chi connectivity index (χ0) is 19.4.